The average molecular weight is 371 g/mol. The van der Waals surface area contributed by atoms with E-state index in [1.165, 1.54) is 0 Å². The van der Waals surface area contributed by atoms with E-state index < -0.39 is 11.0 Å². The molecule has 3 aromatic rings. The van der Waals surface area contributed by atoms with Gasteiger partial charge >= 0.3 is 11.6 Å². The Kier molecular flexibility index (Phi) is 4.63. The van der Waals surface area contributed by atoms with Crippen molar-refractivity contribution in [1.29, 1.82) is 0 Å². The average Bonchev–Trinajstić information content (AvgIpc) is 2.55. The van der Waals surface area contributed by atoms with Crippen LogP contribution in [-0.2, 0) is 4.79 Å². The number of fused-ring (bicyclic) bond motifs is 1. The van der Waals surface area contributed by atoms with Crippen molar-refractivity contribution in [2.24, 2.45) is 5.41 Å². The van der Waals surface area contributed by atoms with Gasteiger partial charge < -0.3 is 9.15 Å². The highest BCUT2D eigenvalue weighted by atomic mass is 35.5. The van der Waals surface area contributed by atoms with Gasteiger partial charge in [-0.25, -0.2) is 4.79 Å². The molecule has 0 saturated carbocycles. The quantitative estimate of drug-likeness (QED) is 0.345. The van der Waals surface area contributed by atoms with Gasteiger partial charge in [-0.15, -0.1) is 0 Å². The molecule has 3 rings (SSSR count). The molecule has 0 aliphatic rings. The van der Waals surface area contributed by atoms with Crippen LogP contribution in [0.1, 0.15) is 26.3 Å². The monoisotopic (exact) mass is 370 g/mol. The van der Waals surface area contributed by atoms with Gasteiger partial charge in [0.05, 0.1) is 11.0 Å². The van der Waals surface area contributed by atoms with Crippen molar-refractivity contribution in [3.8, 4) is 16.9 Å². The van der Waals surface area contributed by atoms with Gasteiger partial charge in [0.1, 0.15) is 11.3 Å². The summed E-state index contributed by atoms with van der Waals surface area (Å²) in [4.78, 5) is 24.6. The highest BCUT2D eigenvalue weighted by Gasteiger charge is 2.24. The fourth-order valence-electron chi connectivity index (χ4n) is 2.61. The van der Waals surface area contributed by atoms with E-state index >= 15 is 0 Å². The molecule has 5 heteroatoms. The molecular formula is C21H19ClO4. The molecule has 0 radical (unpaired) electrons. The summed E-state index contributed by atoms with van der Waals surface area (Å²) in [6, 6.07) is 12.1. The van der Waals surface area contributed by atoms with Crippen molar-refractivity contribution in [2.45, 2.75) is 27.7 Å². The van der Waals surface area contributed by atoms with Gasteiger partial charge in [0.2, 0.25) is 0 Å². The van der Waals surface area contributed by atoms with Gasteiger partial charge in [-0.05, 0) is 63.1 Å². The van der Waals surface area contributed by atoms with Crippen LogP contribution >= 0.6 is 11.6 Å². The van der Waals surface area contributed by atoms with E-state index in [1.54, 1.807) is 63.2 Å². The molecule has 0 aliphatic heterocycles. The van der Waals surface area contributed by atoms with Crippen LogP contribution in [0, 0.1) is 12.3 Å². The minimum Gasteiger partial charge on any atom is -0.426 e. The molecule has 0 unspecified atom stereocenters. The molecule has 0 amide bonds. The highest BCUT2D eigenvalue weighted by molar-refractivity contribution is 6.30. The summed E-state index contributed by atoms with van der Waals surface area (Å²) < 4.78 is 10.9. The van der Waals surface area contributed by atoms with E-state index in [1.807, 2.05) is 6.92 Å². The molecule has 1 heterocycles. The maximum absolute atomic E-state index is 12.5. The van der Waals surface area contributed by atoms with E-state index in [4.69, 9.17) is 20.8 Å². The van der Waals surface area contributed by atoms with Crippen LogP contribution in [0.2, 0.25) is 5.02 Å². The van der Waals surface area contributed by atoms with E-state index in [9.17, 15) is 9.59 Å². The summed E-state index contributed by atoms with van der Waals surface area (Å²) in [7, 11) is 0. The summed E-state index contributed by atoms with van der Waals surface area (Å²) in [5.74, 6) is -0.00655. The molecule has 0 saturated heterocycles. The van der Waals surface area contributed by atoms with Gasteiger partial charge in [0.25, 0.3) is 0 Å². The number of benzene rings is 2. The van der Waals surface area contributed by atoms with Crippen LogP contribution in [0.5, 0.6) is 5.75 Å². The molecule has 26 heavy (non-hydrogen) atoms. The van der Waals surface area contributed by atoms with Crippen LogP contribution in [0.25, 0.3) is 22.1 Å². The second-order valence-corrected chi connectivity index (χ2v) is 7.63. The number of aryl methyl sites for hydroxylation is 1. The molecule has 4 nitrogen and oxygen atoms in total. The largest absolute Gasteiger partial charge is 0.426 e. The van der Waals surface area contributed by atoms with Crippen molar-refractivity contribution in [2.75, 3.05) is 0 Å². The number of hydrogen-bond acceptors (Lipinski definition) is 4. The van der Waals surface area contributed by atoms with E-state index in [2.05, 4.69) is 0 Å². The lowest BCUT2D eigenvalue weighted by molar-refractivity contribution is -0.142. The molecule has 0 atom stereocenters. The van der Waals surface area contributed by atoms with E-state index in [0.717, 1.165) is 16.5 Å². The van der Waals surface area contributed by atoms with Crippen LogP contribution in [0.3, 0.4) is 0 Å². The normalized spacial score (nSPS) is 11.6. The van der Waals surface area contributed by atoms with Gasteiger partial charge in [0, 0.05) is 16.5 Å². The molecule has 0 fully saturated rings. The minimum atomic E-state index is -0.621. The third-order valence-corrected chi connectivity index (χ3v) is 4.35. The maximum atomic E-state index is 12.5. The van der Waals surface area contributed by atoms with Gasteiger partial charge in [0.15, 0.2) is 0 Å². The summed E-state index contributed by atoms with van der Waals surface area (Å²) in [6.45, 7) is 7.20. The third-order valence-electron chi connectivity index (χ3n) is 4.09. The van der Waals surface area contributed by atoms with Crippen molar-refractivity contribution >= 4 is 28.5 Å². The SMILES string of the molecule is Cc1c(-c2ccc(Cl)cc2)c(=O)oc2cc(OC(=O)C(C)(C)C)ccc12. The first-order valence-electron chi connectivity index (χ1n) is 8.22. The standard InChI is InChI=1S/C21H19ClO4/c1-12-16-10-9-15(25-20(24)21(2,3)4)11-17(16)26-19(23)18(12)13-5-7-14(22)8-6-13/h5-11H,1-4H3. The Labute approximate surface area is 156 Å². The maximum Gasteiger partial charge on any atom is 0.344 e. The number of esters is 1. The Balaban J connectivity index is 2.08. The Bertz CT molecular complexity index is 1040. The predicted molar refractivity (Wildman–Crippen MR) is 103 cm³/mol. The number of carbonyl (C=O) groups excluding carboxylic acids is 1. The van der Waals surface area contributed by atoms with Gasteiger partial charge in [-0.3, -0.25) is 4.79 Å². The summed E-state index contributed by atoms with van der Waals surface area (Å²) >= 11 is 5.92. The lowest BCUT2D eigenvalue weighted by Crippen LogP contribution is -2.25. The lowest BCUT2D eigenvalue weighted by Gasteiger charge is -2.16. The van der Waals surface area contributed by atoms with Crippen LogP contribution in [0.15, 0.2) is 51.7 Å². The van der Waals surface area contributed by atoms with Crippen molar-refractivity contribution < 1.29 is 13.9 Å². The number of hydrogen-bond donors (Lipinski definition) is 0. The molecule has 0 bridgehead atoms. The minimum absolute atomic E-state index is 0.346. The zero-order chi connectivity index (χ0) is 19.1. The summed E-state index contributed by atoms with van der Waals surface area (Å²) in [5.41, 5.74) is 1.34. The second-order valence-electron chi connectivity index (χ2n) is 7.19. The first-order valence-corrected chi connectivity index (χ1v) is 8.60. The Morgan fingerprint density at radius 1 is 1.08 bits per heavy atom. The van der Waals surface area contributed by atoms with Crippen molar-refractivity contribution in [3.63, 3.8) is 0 Å². The smallest absolute Gasteiger partial charge is 0.344 e. The van der Waals surface area contributed by atoms with Gasteiger partial charge in [-0.1, -0.05) is 23.7 Å². The third kappa shape index (κ3) is 3.51. The van der Waals surface area contributed by atoms with E-state index in [-0.39, 0.29) is 5.97 Å². The van der Waals surface area contributed by atoms with Gasteiger partial charge in [-0.2, -0.15) is 0 Å². The van der Waals surface area contributed by atoms with Crippen LogP contribution < -0.4 is 10.4 Å². The highest BCUT2D eigenvalue weighted by Crippen LogP contribution is 2.30. The molecule has 134 valence electrons. The first-order chi connectivity index (χ1) is 12.2. The fourth-order valence-corrected chi connectivity index (χ4v) is 2.74. The van der Waals surface area contributed by atoms with E-state index in [0.29, 0.717) is 21.9 Å². The molecule has 1 aromatic heterocycles. The Morgan fingerprint density at radius 2 is 1.73 bits per heavy atom. The molecular weight excluding hydrogens is 352 g/mol. The summed E-state index contributed by atoms with van der Waals surface area (Å²) in [6.07, 6.45) is 0. The zero-order valence-electron chi connectivity index (χ0n) is 15.1. The Morgan fingerprint density at radius 3 is 2.35 bits per heavy atom. The van der Waals surface area contributed by atoms with Crippen LogP contribution in [0.4, 0.5) is 0 Å². The Hall–Kier alpha value is -2.59. The number of carbonyl (C=O) groups is 1. The second kappa shape index (κ2) is 6.61. The molecule has 2 aromatic carbocycles. The summed E-state index contributed by atoms with van der Waals surface area (Å²) in [5, 5.41) is 1.38. The first kappa shape index (κ1) is 18.2. The zero-order valence-corrected chi connectivity index (χ0v) is 15.8. The van der Waals surface area contributed by atoms with Crippen molar-refractivity contribution in [3.05, 3.63) is 63.5 Å². The molecule has 0 N–H and O–H groups in total. The van der Waals surface area contributed by atoms with Crippen molar-refractivity contribution in [1.82, 2.24) is 0 Å². The number of halogens is 1. The lowest BCUT2D eigenvalue weighted by atomic mass is 9.97. The molecule has 0 aliphatic carbocycles. The molecule has 0 spiro atoms. The predicted octanol–water partition coefficient (Wildman–Crippen LogP) is 5.37. The fraction of sp³-hybridized carbons (Fsp3) is 0.238. The topological polar surface area (TPSA) is 56.5 Å². The number of ether oxygens (including phenoxy) is 1. The van der Waals surface area contributed by atoms with Crippen LogP contribution in [-0.4, -0.2) is 5.97 Å². The number of rotatable bonds is 2.